The van der Waals surface area contributed by atoms with Crippen molar-refractivity contribution in [2.24, 2.45) is 0 Å². The monoisotopic (exact) mass is 357 g/mol. The maximum Gasteiger partial charge on any atom is 0.305 e. The van der Waals surface area contributed by atoms with Gasteiger partial charge < -0.3 is 14.9 Å². The lowest BCUT2D eigenvalue weighted by Gasteiger charge is -2.32. The summed E-state index contributed by atoms with van der Waals surface area (Å²) in [6, 6.07) is 5.45. The molecular weight excluding hydrogens is 338 g/mol. The molecule has 6 heteroatoms. The number of phenolic OH excluding ortho intramolecular Hbond substituents is 1. The van der Waals surface area contributed by atoms with Crippen LogP contribution in [0, 0.1) is 0 Å². The molecule has 1 aromatic carbocycles. The van der Waals surface area contributed by atoms with E-state index in [2.05, 4.69) is 20.8 Å². The third-order valence-electron chi connectivity index (χ3n) is 3.64. The molecule has 0 spiro atoms. The normalized spacial score (nSPS) is 17.0. The zero-order valence-electron chi connectivity index (χ0n) is 11.8. The molecule has 5 nitrogen and oxygen atoms in total. The van der Waals surface area contributed by atoms with Gasteiger partial charge in [0.15, 0.2) is 0 Å². The number of ether oxygens (including phenoxy) is 1. The van der Waals surface area contributed by atoms with E-state index >= 15 is 0 Å². The largest absolute Gasteiger partial charge is 0.508 e. The first kappa shape index (κ1) is 16.3. The maximum atomic E-state index is 10.4. The average Bonchev–Trinajstić information content (AvgIpc) is 2.44. The highest BCUT2D eigenvalue weighted by Gasteiger charge is 2.20. The number of phenols is 1. The summed E-state index contributed by atoms with van der Waals surface area (Å²) < 4.78 is 6.53. The van der Waals surface area contributed by atoms with Crippen LogP contribution in [0.5, 0.6) is 5.75 Å². The van der Waals surface area contributed by atoms with Crippen molar-refractivity contribution in [1.29, 1.82) is 0 Å². The van der Waals surface area contributed by atoms with Crippen LogP contribution in [0.1, 0.15) is 24.8 Å². The number of aliphatic carboxylic acids is 1. The fraction of sp³-hybridized carbons (Fsp3) is 0.533. The summed E-state index contributed by atoms with van der Waals surface area (Å²) in [7, 11) is 0. The zero-order valence-corrected chi connectivity index (χ0v) is 13.4. The fourth-order valence-electron chi connectivity index (χ4n) is 2.47. The van der Waals surface area contributed by atoms with E-state index in [-0.39, 0.29) is 19.1 Å². The van der Waals surface area contributed by atoms with Gasteiger partial charge in [0.05, 0.1) is 19.1 Å². The lowest BCUT2D eigenvalue weighted by atomic mass is 10.1. The van der Waals surface area contributed by atoms with E-state index in [1.54, 1.807) is 6.07 Å². The summed E-state index contributed by atoms with van der Waals surface area (Å²) in [5.41, 5.74) is 0.912. The van der Waals surface area contributed by atoms with Gasteiger partial charge in [-0.2, -0.15) is 0 Å². The van der Waals surface area contributed by atoms with Crippen molar-refractivity contribution < 1.29 is 19.7 Å². The number of halogens is 1. The summed E-state index contributed by atoms with van der Waals surface area (Å²) in [5.74, 6) is -0.504. The Bertz CT molecular complexity index is 487. The molecule has 1 aliphatic heterocycles. The van der Waals surface area contributed by atoms with E-state index in [1.165, 1.54) is 0 Å². The van der Waals surface area contributed by atoms with Crippen LogP contribution < -0.4 is 0 Å². The number of likely N-dealkylation sites (tertiary alicyclic amines) is 1. The molecule has 2 rings (SSSR count). The summed E-state index contributed by atoms with van der Waals surface area (Å²) in [5, 5.41) is 18.4. The third kappa shape index (κ3) is 5.30. The summed E-state index contributed by atoms with van der Waals surface area (Å²) in [4.78, 5) is 12.7. The van der Waals surface area contributed by atoms with Crippen LogP contribution in [0.25, 0.3) is 0 Å². The Labute approximate surface area is 132 Å². The first-order chi connectivity index (χ1) is 10.0. The van der Waals surface area contributed by atoms with Gasteiger partial charge in [0.25, 0.3) is 0 Å². The average molecular weight is 358 g/mol. The number of aromatic hydroxyl groups is 1. The van der Waals surface area contributed by atoms with Crippen LogP contribution in [0.15, 0.2) is 22.7 Å². The van der Waals surface area contributed by atoms with Crippen molar-refractivity contribution in [3.05, 3.63) is 28.2 Å². The first-order valence-electron chi connectivity index (χ1n) is 7.08. The second kappa shape index (κ2) is 7.77. The van der Waals surface area contributed by atoms with E-state index in [0.29, 0.717) is 12.3 Å². The topological polar surface area (TPSA) is 70.0 Å². The predicted molar refractivity (Wildman–Crippen MR) is 82.3 cm³/mol. The molecule has 116 valence electrons. The van der Waals surface area contributed by atoms with Gasteiger partial charge >= 0.3 is 5.97 Å². The van der Waals surface area contributed by atoms with Gasteiger partial charge in [-0.25, -0.2) is 0 Å². The molecule has 0 radical (unpaired) electrons. The highest BCUT2D eigenvalue weighted by Crippen LogP contribution is 2.25. The molecule has 0 atom stereocenters. The third-order valence-corrected chi connectivity index (χ3v) is 4.13. The number of rotatable bonds is 6. The van der Waals surface area contributed by atoms with Crippen LogP contribution in [0.2, 0.25) is 0 Å². The number of carboxylic acid groups (broad SMARTS) is 1. The molecule has 1 aliphatic rings. The highest BCUT2D eigenvalue weighted by atomic mass is 79.9. The number of carbonyl (C=O) groups is 1. The minimum atomic E-state index is -0.822. The molecule has 21 heavy (non-hydrogen) atoms. The van der Waals surface area contributed by atoms with Crippen molar-refractivity contribution in [2.75, 3.05) is 19.7 Å². The molecule has 2 N–H and O–H groups in total. The van der Waals surface area contributed by atoms with E-state index < -0.39 is 5.97 Å². The van der Waals surface area contributed by atoms with Crippen LogP contribution >= 0.6 is 15.9 Å². The molecular formula is C15H20BrNO4. The van der Waals surface area contributed by atoms with Crippen molar-refractivity contribution in [1.82, 2.24) is 4.90 Å². The van der Waals surface area contributed by atoms with Crippen molar-refractivity contribution in [3.8, 4) is 5.75 Å². The zero-order chi connectivity index (χ0) is 15.2. The van der Waals surface area contributed by atoms with Gasteiger partial charge in [-0.3, -0.25) is 9.69 Å². The minimum Gasteiger partial charge on any atom is -0.508 e. The standard InChI is InChI=1S/C15H20BrNO4/c16-12-1-2-14(18)11(9-12)10-17-6-3-13(4-7-17)21-8-5-15(19)20/h1-2,9,13,18H,3-8,10H2,(H,19,20). The Morgan fingerprint density at radius 2 is 2.10 bits per heavy atom. The molecule has 0 saturated carbocycles. The molecule has 1 heterocycles. The number of hydrogen-bond donors (Lipinski definition) is 2. The van der Waals surface area contributed by atoms with Crippen LogP contribution in [0.4, 0.5) is 0 Å². The van der Waals surface area contributed by atoms with E-state index in [9.17, 15) is 9.90 Å². The van der Waals surface area contributed by atoms with Crippen molar-refractivity contribution >= 4 is 21.9 Å². The molecule has 0 aromatic heterocycles. The SMILES string of the molecule is O=C(O)CCOC1CCN(Cc2cc(Br)ccc2O)CC1. The fourth-order valence-corrected chi connectivity index (χ4v) is 2.88. The predicted octanol–water partition coefficient (Wildman–Crippen LogP) is 2.61. The smallest absolute Gasteiger partial charge is 0.305 e. The number of benzene rings is 1. The molecule has 0 amide bonds. The molecule has 1 fully saturated rings. The van der Waals surface area contributed by atoms with Gasteiger partial charge in [-0.05, 0) is 31.0 Å². The van der Waals surface area contributed by atoms with Crippen molar-refractivity contribution in [3.63, 3.8) is 0 Å². The summed E-state index contributed by atoms with van der Waals surface area (Å²) in [6.45, 7) is 2.78. The summed E-state index contributed by atoms with van der Waals surface area (Å²) in [6.07, 6.45) is 2.01. The molecule has 1 aromatic rings. The molecule has 0 aliphatic carbocycles. The maximum absolute atomic E-state index is 10.4. The van der Waals surface area contributed by atoms with E-state index in [1.807, 2.05) is 12.1 Å². The lowest BCUT2D eigenvalue weighted by Crippen LogP contribution is -2.36. The van der Waals surface area contributed by atoms with Gasteiger partial charge in [0.2, 0.25) is 0 Å². The highest BCUT2D eigenvalue weighted by molar-refractivity contribution is 9.10. The molecule has 0 bridgehead atoms. The second-order valence-electron chi connectivity index (χ2n) is 5.26. The minimum absolute atomic E-state index is 0.0616. The van der Waals surface area contributed by atoms with Gasteiger partial charge in [0.1, 0.15) is 5.75 Å². The van der Waals surface area contributed by atoms with E-state index in [0.717, 1.165) is 36.0 Å². The van der Waals surface area contributed by atoms with Gasteiger partial charge in [-0.1, -0.05) is 15.9 Å². The van der Waals surface area contributed by atoms with Crippen LogP contribution in [-0.4, -0.2) is 46.9 Å². The number of carboxylic acids is 1. The number of hydrogen-bond acceptors (Lipinski definition) is 4. The Kier molecular flexibility index (Phi) is 6.02. The van der Waals surface area contributed by atoms with Crippen LogP contribution in [0.3, 0.4) is 0 Å². The Morgan fingerprint density at radius 1 is 1.38 bits per heavy atom. The van der Waals surface area contributed by atoms with E-state index in [4.69, 9.17) is 9.84 Å². The Hall–Kier alpha value is -1.11. The summed E-state index contributed by atoms with van der Waals surface area (Å²) >= 11 is 3.41. The lowest BCUT2D eigenvalue weighted by molar-refractivity contribution is -0.138. The molecule has 1 saturated heterocycles. The Balaban J connectivity index is 1.76. The molecule has 0 unspecified atom stereocenters. The Morgan fingerprint density at radius 3 is 2.76 bits per heavy atom. The number of nitrogens with zero attached hydrogens (tertiary/aromatic N) is 1. The van der Waals surface area contributed by atoms with Crippen molar-refractivity contribution in [2.45, 2.75) is 31.9 Å². The van der Waals surface area contributed by atoms with Gasteiger partial charge in [0, 0.05) is 29.7 Å². The number of piperidine rings is 1. The quantitative estimate of drug-likeness (QED) is 0.818. The first-order valence-corrected chi connectivity index (χ1v) is 7.87. The second-order valence-corrected chi connectivity index (χ2v) is 6.18. The van der Waals surface area contributed by atoms with Crippen LogP contribution in [-0.2, 0) is 16.1 Å². The van der Waals surface area contributed by atoms with Gasteiger partial charge in [-0.15, -0.1) is 0 Å².